The minimum Gasteiger partial charge on any atom is -0.302 e. The fraction of sp³-hybridized carbons (Fsp3) is 0.250. The predicted molar refractivity (Wildman–Crippen MR) is 63.2 cm³/mol. The summed E-state index contributed by atoms with van der Waals surface area (Å²) in [6.45, 7) is 3.53. The third kappa shape index (κ3) is 2.79. The molecule has 0 bridgehead atoms. The number of hydrogen-bond acceptors (Lipinski definition) is 4. The van der Waals surface area contributed by atoms with Gasteiger partial charge in [0.2, 0.25) is 11.5 Å². The van der Waals surface area contributed by atoms with Gasteiger partial charge in [-0.15, -0.1) is 0 Å². The van der Waals surface area contributed by atoms with Crippen molar-refractivity contribution < 1.29 is 22.6 Å². The molecule has 0 saturated carbocycles. The van der Waals surface area contributed by atoms with Crippen LogP contribution in [0.5, 0.6) is 0 Å². The Morgan fingerprint density at radius 1 is 1.25 bits per heavy atom. The number of hydrogen-bond donors (Lipinski definition) is 1. The SMILES string of the molecule is Cc1ccc(C(=O)Nc2nonc2C(F)(F)F)c(C)c1. The van der Waals surface area contributed by atoms with Crippen LogP contribution in [0.4, 0.5) is 19.0 Å². The molecule has 0 radical (unpaired) electrons. The summed E-state index contributed by atoms with van der Waals surface area (Å²) >= 11 is 0. The number of carbonyl (C=O) groups excluding carboxylic acids is 1. The van der Waals surface area contributed by atoms with E-state index in [0.29, 0.717) is 5.56 Å². The Bertz CT molecular complexity index is 650. The van der Waals surface area contributed by atoms with E-state index < -0.39 is 23.6 Å². The number of halogens is 3. The van der Waals surface area contributed by atoms with Gasteiger partial charge in [0.25, 0.3) is 5.91 Å². The van der Waals surface area contributed by atoms with Gasteiger partial charge in [-0.05, 0) is 35.8 Å². The van der Waals surface area contributed by atoms with Crippen molar-refractivity contribution in [3.05, 3.63) is 40.6 Å². The molecule has 1 heterocycles. The van der Waals surface area contributed by atoms with Gasteiger partial charge < -0.3 is 5.32 Å². The van der Waals surface area contributed by atoms with Gasteiger partial charge in [0.05, 0.1) is 0 Å². The number of rotatable bonds is 2. The Balaban J connectivity index is 2.27. The molecular formula is C12H10F3N3O2. The number of amides is 1. The van der Waals surface area contributed by atoms with Crippen molar-refractivity contribution in [2.75, 3.05) is 5.32 Å². The van der Waals surface area contributed by atoms with Crippen LogP contribution in [0, 0.1) is 13.8 Å². The van der Waals surface area contributed by atoms with Gasteiger partial charge in [-0.2, -0.15) is 13.2 Å². The highest BCUT2D eigenvalue weighted by Gasteiger charge is 2.39. The van der Waals surface area contributed by atoms with Crippen LogP contribution in [0.15, 0.2) is 22.8 Å². The first kappa shape index (κ1) is 14.0. The van der Waals surface area contributed by atoms with Crippen molar-refractivity contribution >= 4 is 11.7 Å². The Hall–Kier alpha value is -2.38. The second-order valence-electron chi connectivity index (χ2n) is 4.23. The topological polar surface area (TPSA) is 68.0 Å². The molecular weight excluding hydrogens is 275 g/mol. The molecule has 8 heteroatoms. The summed E-state index contributed by atoms with van der Waals surface area (Å²) in [6.07, 6.45) is -4.75. The Morgan fingerprint density at radius 3 is 2.55 bits per heavy atom. The van der Waals surface area contributed by atoms with E-state index in [1.54, 1.807) is 19.1 Å². The molecule has 20 heavy (non-hydrogen) atoms. The number of anilines is 1. The maximum Gasteiger partial charge on any atom is 0.440 e. The van der Waals surface area contributed by atoms with Crippen molar-refractivity contribution in [2.45, 2.75) is 20.0 Å². The zero-order valence-electron chi connectivity index (χ0n) is 10.6. The highest BCUT2D eigenvalue weighted by molar-refractivity contribution is 6.05. The maximum absolute atomic E-state index is 12.6. The molecule has 5 nitrogen and oxygen atoms in total. The lowest BCUT2D eigenvalue weighted by Crippen LogP contribution is -2.17. The average molecular weight is 285 g/mol. The third-order valence-electron chi connectivity index (χ3n) is 2.62. The van der Waals surface area contributed by atoms with Crippen LogP contribution in [-0.4, -0.2) is 16.2 Å². The molecule has 0 atom stereocenters. The van der Waals surface area contributed by atoms with Gasteiger partial charge in [0.15, 0.2) is 0 Å². The summed E-state index contributed by atoms with van der Waals surface area (Å²) in [7, 11) is 0. The second kappa shape index (κ2) is 4.95. The molecule has 0 aliphatic carbocycles. The van der Waals surface area contributed by atoms with Gasteiger partial charge in [-0.1, -0.05) is 17.7 Å². The van der Waals surface area contributed by atoms with Crippen LogP contribution in [0.2, 0.25) is 0 Å². The molecule has 2 rings (SSSR count). The summed E-state index contributed by atoms with van der Waals surface area (Å²) < 4.78 is 41.7. The zero-order valence-corrected chi connectivity index (χ0v) is 10.6. The lowest BCUT2D eigenvalue weighted by atomic mass is 10.1. The number of nitrogens with zero attached hydrogens (tertiary/aromatic N) is 2. The van der Waals surface area contributed by atoms with Crippen LogP contribution < -0.4 is 5.32 Å². The van der Waals surface area contributed by atoms with E-state index in [9.17, 15) is 18.0 Å². The first-order valence-electron chi connectivity index (χ1n) is 5.57. The molecule has 0 aliphatic heterocycles. The normalized spacial score (nSPS) is 11.4. The minimum absolute atomic E-state index is 0.256. The predicted octanol–water partition coefficient (Wildman–Crippen LogP) is 2.96. The molecule has 0 unspecified atom stereocenters. The number of nitrogens with one attached hydrogen (secondary N) is 1. The molecule has 1 aromatic heterocycles. The van der Waals surface area contributed by atoms with Crippen molar-refractivity contribution in [3.63, 3.8) is 0 Å². The van der Waals surface area contributed by atoms with Crippen LogP contribution in [-0.2, 0) is 6.18 Å². The highest BCUT2D eigenvalue weighted by Crippen LogP contribution is 2.32. The van der Waals surface area contributed by atoms with Gasteiger partial charge >= 0.3 is 6.18 Å². The lowest BCUT2D eigenvalue weighted by Gasteiger charge is -2.07. The Labute approximate surface area is 111 Å². The molecule has 1 aromatic carbocycles. The number of alkyl halides is 3. The monoisotopic (exact) mass is 285 g/mol. The summed E-state index contributed by atoms with van der Waals surface area (Å²) in [6, 6.07) is 4.97. The van der Waals surface area contributed by atoms with Crippen molar-refractivity contribution in [1.82, 2.24) is 10.3 Å². The molecule has 0 aliphatic rings. The van der Waals surface area contributed by atoms with E-state index in [-0.39, 0.29) is 5.56 Å². The number of aromatic nitrogens is 2. The molecule has 0 fully saturated rings. The van der Waals surface area contributed by atoms with Gasteiger partial charge in [-0.25, -0.2) is 4.63 Å². The number of carbonyl (C=O) groups is 1. The molecule has 0 saturated heterocycles. The van der Waals surface area contributed by atoms with E-state index >= 15 is 0 Å². The summed E-state index contributed by atoms with van der Waals surface area (Å²) in [4.78, 5) is 11.9. The van der Waals surface area contributed by atoms with Crippen molar-refractivity contribution in [2.24, 2.45) is 0 Å². The standard InChI is InChI=1S/C12H10F3N3O2/c1-6-3-4-8(7(2)5-6)11(19)16-10-9(12(13,14)15)17-20-18-10/h3-5H,1-2H3,(H,16,18,19). The Kier molecular flexibility index (Phi) is 3.47. The maximum atomic E-state index is 12.6. The summed E-state index contributed by atoms with van der Waals surface area (Å²) in [5, 5.41) is 7.85. The first-order chi connectivity index (χ1) is 9.29. The molecule has 1 N–H and O–H groups in total. The molecule has 106 valence electrons. The summed E-state index contributed by atoms with van der Waals surface area (Å²) in [5.41, 5.74) is 0.480. The van der Waals surface area contributed by atoms with E-state index in [4.69, 9.17) is 0 Å². The van der Waals surface area contributed by atoms with Gasteiger partial charge in [-0.3, -0.25) is 4.79 Å². The molecule has 0 spiro atoms. The minimum atomic E-state index is -4.75. The zero-order chi connectivity index (χ0) is 14.9. The van der Waals surface area contributed by atoms with Gasteiger partial charge in [0, 0.05) is 5.56 Å². The quantitative estimate of drug-likeness (QED) is 0.921. The van der Waals surface area contributed by atoms with E-state index in [1.165, 1.54) is 6.07 Å². The van der Waals surface area contributed by atoms with Crippen LogP contribution >= 0.6 is 0 Å². The van der Waals surface area contributed by atoms with E-state index in [0.717, 1.165) is 5.56 Å². The van der Waals surface area contributed by atoms with Crippen molar-refractivity contribution in [3.8, 4) is 0 Å². The largest absolute Gasteiger partial charge is 0.440 e. The summed E-state index contributed by atoms with van der Waals surface area (Å²) in [5.74, 6) is -1.45. The van der Waals surface area contributed by atoms with Crippen molar-refractivity contribution in [1.29, 1.82) is 0 Å². The Morgan fingerprint density at radius 2 is 1.95 bits per heavy atom. The molecule has 1 amide bonds. The van der Waals surface area contributed by atoms with Crippen LogP contribution in [0.3, 0.4) is 0 Å². The number of benzene rings is 1. The smallest absolute Gasteiger partial charge is 0.302 e. The molecule has 2 aromatic rings. The third-order valence-corrected chi connectivity index (χ3v) is 2.62. The van der Waals surface area contributed by atoms with Crippen LogP contribution in [0.1, 0.15) is 27.2 Å². The number of aryl methyl sites for hydroxylation is 2. The van der Waals surface area contributed by atoms with E-state index in [2.05, 4.69) is 14.9 Å². The highest BCUT2D eigenvalue weighted by atomic mass is 19.4. The van der Waals surface area contributed by atoms with Gasteiger partial charge in [0.1, 0.15) is 0 Å². The average Bonchev–Trinajstić information content (AvgIpc) is 2.76. The lowest BCUT2D eigenvalue weighted by molar-refractivity contribution is -0.142. The van der Waals surface area contributed by atoms with Crippen LogP contribution in [0.25, 0.3) is 0 Å². The second-order valence-corrected chi connectivity index (χ2v) is 4.23. The fourth-order valence-electron chi connectivity index (χ4n) is 1.70. The fourth-order valence-corrected chi connectivity index (χ4v) is 1.70. The van der Waals surface area contributed by atoms with E-state index in [1.807, 2.05) is 12.2 Å². The first-order valence-corrected chi connectivity index (χ1v) is 5.57.